The molecule has 0 spiro atoms. The van der Waals surface area contributed by atoms with Crippen molar-refractivity contribution in [3.8, 4) is 11.4 Å². The average molecular weight is 505 g/mol. The SMILES string of the molecule is CN(C)Cc1cc2ncc(-c3ccnc(C4(c5ccc(C(=O)Nc6ccccc6N)cc5)CC4)n3)n2cn1. The predicted octanol–water partition coefficient (Wildman–Crippen LogP) is 4.16. The molecule has 3 heterocycles. The number of nitrogen functional groups attached to an aromatic ring is 1. The van der Waals surface area contributed by atoms with Gasteiger partial charge < -0.3 is 16.0 Å². The first-order valence-electron chi connectivity index (χ1n) is 12.5. The van der Waals surface area contributed by atoms with Gasteiger partial charge in [-0.15, -0.1) is 0 Å². The molecule has 0 bridgehead atoms. The highest BCUT2D eigenvalue weighted by Gasteiger charge is 2.48. The van der Waals surface area contributed by atoms with Crippen LogP contribution < -0.4 is 11.1 Å². The number of hydrogen-bond donors (Lipinski definition) is 2. The number of fused-ring (bicyclic) bond motifs is 1. The monoisotopic (exact) mass is 504 g/mol. The van der Waals surface area contributed by atoms with Gasteiger partial charge in [0.2, 0.25) is 0 Å². The van der Waals surface area contributed by atoms with Crippen molar-refractivity contribution >= 4 is 22.9 Å². The summed E-state index contributed by atoms with van der Waals surface area (Å²) in [4.78, 5) is 33.6. The highest BCUT2D eigenvalue weighted by atomic mass is 16.1. The molecular weight excluding hydrogens is 476 g/mol. The number of carbonyl (C=O) groups is 1. The van der Waals surface area contributed by atoms with Crippen molar-refractivity contribution in [1.82, 2.24) is 29.2 Å². The topological polar surface area (TPSA) is 114 Å². The molecule has 38 heavy (non-hydrogen) atoms. The van der Waals surface area contributed by atoms with Crippen LogP contribution in [0.5, 0.6) is 0 Å². The zero-order valence-corrected chi connectivity index (χ0v) is 21.3. The number of anilines is 2. The number of imidazole rings is 1. The summed E-state index contributed by atoms with van der Waals surface area (Å²) in [5.41, 5.74) is 12.0. The first-order valence-corrected chi connectivity index (χ1v) is 12.5. The Morgan fingerprint density at radius 2 is 1.84 bits per heavy atom. The Labute approximate surface area is 220 Å². The van der Waals surface area contributed by atoms with E-state index in [1.54, 1.807) is 24.7 Å². The fraction of sp³-hybridized carbons (Fsp3) is 0.207. The largest absolute Gasteiger partial charge is 0.397 e. The third kappa shape index (κ3) is 4.37. The normalized spacial score (nSPS) is 14.1. The number of nitrogens with one attached hydrogen (secondary N) is 1. The minimum absolute atomic E-state index is 0.201. The number of aromatic nitrogens is 5. The number of carbonyl (C=O) groups excluding carboxylic acids is 1. The van der Waals surface area contributed by atoms with Gasteiger partial charge in [0.1, 0.15) is 17.8 Å². The molecule has 0 unspecified atom stereocenters. The summed E-state index contributed by atoms with van der Waals surface area (Å²) in [7, 11) is 4.03. The van der Waals surface area contributed by atoms with E-state index in [1.807, 2.05) is 73.2 Å². The van der Waals surface area contributed by atoms with Gasteiger partial charge in [0.05, 0.1) is 40.1 Å². The number of benzene rings is 2. The number of nitrogens with two attached hydrogens (primary N) is 1. The van der Waals surface area contributed by atoms with Crippen LogP contribution in [0.15, 0.2) is 79.4 Å². The third-order valence-corrected chi connectivity index (χ3v) is 6.94. The molecule has 0 saturated heterocycles. The second kappa shape index (κ2) is 9.35. The molecule has 5 aromatic rings. The first kappa shape index (κ1) is 23.7. The lowest BCUT2D eigenvalue weighted by atomic mass is 9.93. The van der Waals surface area contributed by atoms with Crippen LogP contribution in [-0.4, -0.2) is 49.2 Å². The summed E-state index contributed by atoms with van der Waals surface area (Å²) in [6.45, 7) is 0.750. The number of amides is 1. The van der Waals surface area contributed by atoms with Gasteiger partial charge in [0.15, 0.2) is 0 Å². The summed E-state index contributed by atoms with van der Waals surface area (Å²) in [5, 5.41) is 2.88. The smallest absolute Gasteiger partial charge is 0.255 e. The quantitative estimate of drug-likeness (QED) is 0.320. The van der Waals surface area contributed by atoms with Crippen molar-refractivity contribution in [1.29, 1.82) is 0 Å². The van der Waals surface area contributed by atoms with E-state index in [1.165, 1.54) is 0 Å². The van der Waals surface area contributed by atoms with Crippen molar-refractivity contribution in [2.45, 2.75) is 24.8 Å². The van der Waals surface area contributed by atoms with Crippen molar-refractivity contribution in [3.63, 3.8) is 0 Å². The molecule has 1 amide bonds. The van der Waals surface area contributed by atoms with Crippen molar-refractivity contribution in [2.75, 3.05) is 25.1 Å². The van der Waals surface area contributed by atoms with Gasteiger partial charge in [0.25, 0.3) is 5.91 Å². The molecule has 1 fully saturated rings. The van der Waals surface area contributed by atoms with Crippen LogP contribution in [0.2, 0.25) is 0 Å². The molecule has 2 aromatic carbocycles. The van der Waals surface area contributed by atoms with Gasteiger partial charge in [-0.05, 0) is 62.8 Å². The van der Waals surface area contributed by atoms with Crippen molar-refractivity contribution in [2.24, 2.45) is 0 Å². The summed E-state index contributed by atoms with van der Waals surface area (Å²) in [6, 6.07) is 18.8. The Hall–Kier alpha value is -4.63. The van der Waals surface area contributed by atoms with Crippen molar-refractivity contribution < 1.29 is 4.79 Å². The minimum atomic E-state index is -0.257. The maximum absolute atomic E-state index is 12.8. The Morgan fingerprint density at radius 3 is 2.58 bits per heavy atom. The molecule has 0 aliphatic heterocycles. The van der Waals surface area contributed by atoms with Crippen LogP contribution in [0, 0.1) is 0 Å². The van der Waals surface area contributed by atoms with Gasteiger partial charge in [-0.25, -0.2) is 19.9 Å². The molecule has 190 valence electrons. The van der Waals surface area contributed by atoms with Crippen LogP contribution in [0.4, 0.5) is 11.4 Å². The lowest BCUT2D eigenvalue weighted by molar-refractivity contribution is 0.102. The van der Waals surface area contributed by atoms with Crippen molar-refractivity contribution in [3.05, 3.63) is 102 Å². The zero-order chi connectivity index (χ0) is 26.3. The third-order valence-electron chi connectivity index (χ3n) is 6.94. The van der Waals surface area contributed by atoms with Gasteiger partial charge in [-0.1, -0.05) is 24.3 Å². The van der Waals surface area contributed by atoms with E-state index in [4.69, 9.17) is 10.7 Å². The van der Waals surface area contributed by atoms with E-state index >= 15 is 0 Å². The molecule has 1 aliphatic rings. The average Bonchev–Trinajstić information content (AvgIpc) is 3.63. The van der Waals surface area contributed by atoms with Crippen LogP contribution in [0.1, 0.15) is 40.3 Å². The second-order valence-corrected chi connectivity index (χ2v) is 9.96. The number of rotatable bonds is 7. The van der Waals surface area contributed by atoms with E-state index in [2.05, 4.69) is 25.2 Å². The lowest BCUT2D eigenvalue weighted by Crippen LogP contribution is -2.16. The van der Waals surface area contributed by atoms with Gasteiger partial charge in [-0.3, -0.25) is 9.20 Å². The lowest BCUT2D eigenvalue weighted by Gasteiger charge is -2.16. The second-order valence-electron chi connectivity index (χ2n) is 9.96. The molecule has 3 N–H and O–H groups in total. The molecule has 3 aromatic heterocycles. The Morgan fingerprint density at radius 1 is 1.05 bits per heavy atom. The number of nitrogens with zero attached hydrogens (tertiary/aromatic N) is 6. The predicted molar refractivity (Wildman–Crippen MR) is 147 cm³/mol. The molecule has 0 atom stereocenters. The maximum atomic E-state index is 12.8. The highest BCUT2D eigenvalue weighted by molar-refractivity contribution is 6.05. The molecule has 6 rings (SSSR count). The Kier molecular flexibility index (Phi) is 5.84. The summed E-state index contributed by atoms with van der Waals surface area (Å²) >= 11 is 0. The minimum Gasteiger partial charge on any atom is -0.397 e. The summed E-state index contributed by atoms with van der Waals surface area (Å²) < 4.78 is 1.96. The summed E-state index contributed by atoms with van der Waals surface area (Å²) in [5.74, 6) is 0.573. The standard InChI is InChI=1S/C29H28N8O/c1-36(2)17-21-15-26-32-16-25(37(26)18-33-21)24-11-14-31-28(35-24)29(12-13-29)20-9-7-19(8-10-20)27(38)34-23-6-4-3-5-22(23)30/h3-11,14-16,18H,12-13,17,30H2,1-2H3,(H,34,38). The summed E-state index contributed by atoms with van der Waals surface area (Å²) in [6.07, 6.45) is 7.33. The maximum Gasteiger partial charge on any atom is 0.255 e. The van der Waals surface area contributed by atoms with Crippen LogP contribution in [0.3, 0.4) is 0 Å². The molecular formula is C29H28N8O. The fourth-order valence-electron chi connectivity index (χ4n) is 4.77. The van der Waals surface area contributed by atoms with Gasteiger partial charge in [-0.2, -0.15) is 0 Å². The highest BCUT2D eigenvalue weighted by Crippen LogP contribution is 2.52. The number of para-hydroxylation sites is 2. The Bertz CT molecular complexity index is 1640. The van der Waals surface area contributed by atoms with E-state index < -0.39 is 0 Å². The van der Waals surface area contributed by atoms with E-state index in [0.717, 1.165) is 53.5 Å². The Balaban J connectivity index is 1.25. The van der Waals surface area contributed by atoms with Gasteiger partial charge >= 0.3 is 0 Å². The van der Waals surface area contributed by atoms with Crippen LogP contribution in [0.25, 0.3) is 17.0 Å². The number of hydrogen-bond acceptors (Lipinski definition) is 7. The molecule has 1 aliphatic carbocycles. The molecule has 0 radical (unpaired) electrons. The molecule has 1 saturated carbocycles. The molecule has 9 nitrogen and oxygen atoms in total. The van der Waals surface area contributed by atoms with Crippen LogP contribution in [-0.2, 0) is 12.0 Å². The van der Waals surface area contributed by atoms with Crippen LogP contribution >= 0.6 is 0 Å². The van der Waals surface area contributed by atoms with E-state index in [9.17, 15) is 4.79 Å². The van der Waals surface area contributed by atoms with E-state index in [0.29, 0.717) is 16.9 Å². The fourth-order valence-corrected chi connectivity index (χ4v) is 4.77. The van der Waals surface area contributed by atoms with E-state index in [-0.39, 0.29) is 11.3 Å². The molecule has 9 heteroatoms. The zero-order valence-electron chi connectivity index (χ0n) is 21.3. The first-order chi connectivity index (χ1) is 18.4. The van der Waals surface area contributed by atoms with Gasteiger partial charge in [0, 0.05) is 24.4 Å².